The van der Waals surface area contributed by atoms with E-state index in [2.05, 4.69) is 70.6 Å². The van der Waals surface area contributed by atoms with E-state index < -0.39 is 0 Å². The first-order valence-electron chi connectivity index (χ1n) is 5.90. The van der Waals surface area contributed by atoms with Gasteiger partial charge in [0.25, 0.3) is 0 Å². The van der Waals surface area contributed by atoms with E-state index in [1.165, 1.54) is 15.4 Å². The molecule has 0 spiro atoms. The first-order chi connectivity index (χ1) is 8.70. The number of hydrogen-bond donors (Lipinski definition) is 1. The van der Waals surface area contributed by atoms with Crippen LogP contribution in [0.1, 0.15) is 18.5 Å². The van der Waals surface area contributed by atoms with Crippen molar-refractivity contribution in [3.8, 4) is 0 Å². The molecule has 1 nitrogen and oxygen atoms in total. The van der Waals surface area contributed by atoms with Crippen LogP contribution in [-0.2, 0) is 0 Å². The summed E-state index contributed by atoms with van der Waals surface area (Å²) in [7, 11) is 1.99. The molecule has 18 heavy (non-hydrogen) atoms. The summed E-state index contributed by atoms with van der Waals surface area (Å²) in [4.78, 5) is 2.55. The zero-order chi connectivity index (χ0) is 13.0. The van der Waals surface area contributed by atoms with Gasteiger partial charge < -0.3 is 5.32 Å². The summed E-state index contributed by atoms with van der Waals surface area (Å²) in [5.41, 5.74) is 1.33. The summed E-state index contributed by atoms with van der Waals surface area (Å²) in [6, 6.07) is 17.3. The summed E-state index contributed by atoms with van der Waals surface area (Å²) >= 11 is 5.35. The molecule has 0 bridgehead atoms. The molecule has 2 aromatic rings. The van der Waals surface area contributed by atoms with Crippen LogP contribution in [0.4, 0.5) is 0 Å². The van der Waals surface area contributed by atoms with E-state index in [-0.39, 0.29) is 0 Å². The average molecular weight is 322 g/mol. The molecule has 0 aromatic heterocycles. The maximum absolute atomic E-state index is 3.55. The molecular formula is C15H16BrNS. The summed E-state index contributed by atoms with van der Waals surface area (Å²) < 4.78 is 1.12. The van der Waals surface area contributed by atoms with Gasteiger partial charge >= 0.3 is 0 Å². The Bertz CT molecular complexity index is 513. The molecule has 3 heteroatoms. The largest absolute Gasteiger partial charge is 0.313 e. The fraction of sp³-hybridized carbons (Fsp3) is 0.200. The van der Waals surface area contributed by atoms with E-state index in [9.17, 15) is 0 Å². The lowest BCUT2D eigenvalue weighted by Crippen LogP contribution is -2.13. The van der Waals surface area contributed by atoms with Crippen molar-refractivity contribution in [3.63, 3.8) is 0 Å². The van der Waals surface area contributed by atoms with Crippen LogP contribution in [0.3, 0.4) is 0 Å². The van der Waals surface area contributed by atoms with E-state index in [1.807, 2.05) is 13.1 Å². The summed E-state index contributed by atoms with van der Waals surface area (Å²) in [5.74, 6) is 0. The van der Waals surface area contributed by atoms with Crippen molar-refractivity contribution in [2.24, 2.45) is 0 Å². The third-order valence-corrected chi connectivity index (χ3v) is 4.42. The molecule has 0 heterocycles. The van der Waals surface area contributed by atoms with Crippen molar-refractivity contribution in [3.05, 3.63) is 58.6 Å². The van der Waals surface area contributed by atoms with Gasteiger partial charge in [-0.25, -0.2) is 0 Å². The lowest BCUT2D eigenvalue weighted by molar-refractivity contribution is 0.641. The zero-order valence-corrected chi connectivity index (χ0v) is 12.9. The van der Waals surface area contributed by atoms with Crippen LogP contribution >= 0.6 is 27.7 Å². The predicted octanol–water partition coefficient (Wildman–Crippen LogP) is 4.88. The minimum absolute atomic E-state index is 0.351. The Morgan fingerprint density at radius 3 is 2.50 bits per heavy atom. The first kappa shape index (κ1) is 13.7. The molecule has 0 saturated carbocycles. The summed E-state index contributed by atoms with van der Waals surface area (Å²) in [6.45, 7) is 2.18. The Morgan fingerprint density at radius 1 is 1.11 bits per heavy atom. The number of nitrogens with one attached hydrogen (secondary N) is 1. The second-order valence-corrected chi connectivity index (χ2v) is 6.14. The van der Waals surface area contributed by atoms with Crippen molar-refractivity contribution in [1.82, 2.24) is 5.32 Å². The van der Waals surface area contributed by atoms with Gasteiger partial charge in [-0.3, -0.25) is 0 Å². The molecule has 1 atom stereocenters. The fourth-order valence-corrected chi connectivity index (χ4v) is 3.33. The Morgan fingerprint density at radius 2 is 1.83 bits per heavy atom. The average Bonchev–Trinajstić information content (AvgIpc) is 2.39. The summed E-state index contributed by atoms with van der Waals surface area (Å²) in [5, 5.41) is 3.30. The van der Waals surface area contributed by atoms with Gasteiger partial charge in [-0.1, -0.05) is 52.0 Å². The minimum atomic E-state index is 0.351. The molecule has 0 aliphatic rings. The smallest absolute Gasteiger partial charge is 0.0300 e. The van der Waals surface area contributed by atoms with E-state index in [0.29, 0.717) is 6.04 Å². The molecule has 0 amide bonds. The molecule has 0 aliphatic heterocycles. The van der Waals surface area contributed by atoms with Gasteiger partial charge in [0.05, 0.1) is 0 Å². The van der Waals surface area contributed by atoms with Crippen LogP contribution in [0.2, 0.25) is 0 Å². The molecule has 94 valence electrons. The highest BCUT2D eigenvalue weighted by atomic mass is 79.9. The van der Waals surface area contributed by atoms with Crippen molar-refractivity contribution >= 4 is 27.7 Å². The Balaban J connectivity index is 2.33. The Kier molecular flexibility index (Phi) is 4.87. The highest BCUT2D eigenvalue weighted by Gasteiger charge is 2.10. The van der Waals surface area contributed by atoms with E-state index in [4.69, 9.17) is 0 Å². The van der Waals surface area contributed by atoms with Crippen LogP contribution < -0.4 is 5.32 Å². The second-order valence-electron chi connectivity index (χ2n) is 4.11. The van der Waals surface area contributed by atoms with Crippen molar-refractivity contribution in [2.75, 3.05) is 7.05 Å². The lowest BCUT2D eigenvalue weighted by Gasteiger charge is -2.16. The molecule has 2 rings (SSSR count). The maximum Gasteiger partial charge on any atom is 0.0300 e. The molecule has 0 radical (unpaired) electrons. The van der Waals surface area contributed by atoms with Gasteiger partial charge in [0.2, 0.25) is 0 Å². The first-order valence-corrected chi connectivity index (χ1v) is 7.51. The van der Waals surface area contributed by atoms with Crippen molar-refractivity contribution in [1.29, 1.82) is 0 Å². The minimum Gasteiger partial charge on any atom is -0.313 e. The third kappa shape index (κ3) is 3.37. The maximum atomic E-state index is 3.55. The lowest BCUT2D eigenvalue weighted by atomic mass is 10.1. The fourth-order valence-electron chi connectivity index (χ4n) is 1.73. The molecule has 0 aliphatic carbocycles. The molecular weight excluding hydrogens is 306 g/mol. The van der Waals surface area contributed by atoms with E-state index in [1.54, 1.807) is 11.8 Å². The van der Waals surface area contributed by atoms with E-state index >= 15 is 0 Å². The predicted molar refractivity (Wildman–Crippen MR) is 82.2 cm³/mol. The van der Waals surface area contributed by atoms with Gasteiger partial charge in [0.15, 0.2) is 0 Å². The topological polar surface area (TPSA) is 12.0 Å². The van der Waals surface area contributed by atoms with Crippen LogP contribution in [0.5, 0.6) is 0 Å². The zero-order valence-electron chi connectivity index (χ0n) is 10.5. The molecule has 1 N–H and O–H groups in total. The molecule has 0 fully saturated rings. The van der Waals surface area contributed by atoms with Crippen LogP contribution in [0, 0.1) is 0 Å². The quantitative estimate of drug-likeness (QED) is 0.861. The van der Waals surface area contributed by atoms with Crippen LogP contribution in [0.25, 0.3) is 0 Å². The highest BCUT2D eigenvalue weighted by Crippen LogP contribution is 2.34. The molecule has 0 saturated heterocycles. The second kappa shape index (κ2) is 6.41. The Labute approximate surface area is 121 Å². The SMILES string of the molecule is CNC(C)c1ccc(Br)cc1Sc1ccccc1. The van der Waals surface area contributed by atoms with Crippen molar-refractivity contribution < 1.29 is 0 Å². The van der Waals surface area contributed by atoms with Gasteiger partial charge in [0.1, 0.15) is 0 Å². The highest BCUT2D eigenvalue weighted by molar-refractivity contribution is 9.10. The number of halogens is 1. The number of hydrogen-bond acceptors (Lipinski definition) is 2. The van der Waals surface area contributed by atoms with Crippen LogP contribution in [0.15, 0.2) is 62.8 Å². The molecule has 1 unspecified atom stereocenters. The summed E-state index contributed by atoms with van der Waals surface area (Å²) in [6.07, 6.45) is 0. The van der Waals surface area contributed by atoms with Gasteiger partial charge in [-0.2, -0.15) is 0 Å². The third-order valence-electron chi connectivity index (χ3n) is 2.85. The molecule has 2 aromatic carbocycles. The normalized spacial score (nSPS) is 12.4. The standard InChI is InChI=1S/C15H16BrNS/c1-11(17-2)14-9-8-12(16)10-15(14)18-13-6-4-3-5-7-13/h3-11,17H,1-2H3. The van der Waals surface area contributed by atoms with E-state index in [0.717, 1.165) is 4.47 Å². The number of benzene rings is 2. The Hall–Kier alpha value is -0.770. The van der Waals surface area contributed by atoms with Crippen molar-refractivity contribution in [2.45, 2.75) is 22.8 Å². The monoisotopic (exact) mass is 321 g/mol. The van der Waals surface area contributed by atoms with Gasteiger partial charge in [-0.15, -0.1) is 0 Å². The van der Waals surface area contributed by atoms with Gasteiger partial charge in [-0.05, 0) is 43.8 Å². The van der Waals surface area contributed by atoms with Crippen LogP contribution in [-0.4, -0.2) is 7.05 Å². The van der Waals surface area contributed by atoms with Gasteiger partial charge in [0, 0.05) is 20.3 Å². The number of rotatable bonds is 4.